The van der Waals surface area contributed by atoms with Crippen molar-refractivity contribution in [1.29, 1.82) is 0 Å². The number of anilines is 3. The molecule has 0 atom stereocenters. The molecule has 0 bridgehead atoms. The van der Waals surface area contributed by atoms with Gasteiger partial charge in [0, 0.05) is 23.1 Å². The van der Waals surface area contributed by atoms with Crippen LogP contribution in [-0.2, 0) is 10.2 Å². The van der Waals surface area contributed by atoms with Crippen molar-refractivity contribution in [1.82, 2.24) is 4.98 Å². The Morgan fingerprint density at radius 2 is 1.35 bits per heavy atom. The van der Waals surface area contributed by atoms with Crippen molar-refractivity contribution in [3.8, 4) is 11.1 Å². The van der Waals surface area contributed by atoms with Crippen molar-refractivity contribution in [3.05, 3.63) is 85.1 Å². The normalized spacial score (nSPS) is 10.8. The molecule has 3 rings (SSSR count). The molecule has 1 heterocycles. The summed E-state index contributed by atoms with van der Waals surface area (Å²) >= 11 is 0. The van der Waals surface area contributed by atoms with E-state index in [1.54, 1.807) is 12.3 Å². The summed E-state index contributed by atoms with van der Waals surface area (Å²) in [6.07, 6.45) is 2.87. The van der Waals surface area contributed by atoms with E-state index in [2.05, 4.69) is 48.3 Å². The number of benzene rings is 2. The molecule has 0 aliphatic heterocycles. The number of amides is 3. The maximum absolute atomic E-state index is 12.3. The summed E-state index contributed by atoms with van der Waals surface area (Å²) in [5.41, 5.74) is 4.52. The van der Waals surface area contributed by atoms with Gasteiger partial charge in [0.2, 0.25) is 5.91 Å². The van der Waals surface area contributed by atoms with Gasteiger partial charge in [0.15, 0.2) is 0 Å². The molecule has 1 aromatic heterocycles. The summed E-state index contributed by atoms with van der Waals surface area (Å²) < 4.78 is 0. The number of carbonyl (C=O) groups is 2. The first-order chi connectivity index (χ1) is 14.7. The van der Waals surface area contributed by atoms with E-state index in [0.717, 1.165) is 16.8 Å². The zero-order valence-electron chi connectivity index (χ0n) is 17.9. The minimum absolute atomic E-state index is 0.0674. The molecular formula is C25H26N4O2. The van der Waals surface area contributed by atoms with Gasteiger partial charge < -0.3 is 16.0 Å². The third-order valence-electron chi connectivity index (χ3n) is 4.69. The Balaban J connectivity index is 1.59. The fourth-order valence-corrected chi connectivity index (χ4v) is 2.91. The summed E-state index contributed by atoms with van der Waals surface area (Å²) in [5, 5.41) is 8.28. The molecule has 0 radical (unpaired) electrons. The Morgan fingerprint density at radius 3 is 1.84 bits per heavy atom. The highest BCUT2D eigenvalue weighted by Crippen LogP contribution is 2.24. The second-order valence-corrected chi connectivity index (χ2v) is 8.11. The molecular weight excluding hydrogens is 388 g/mol. The minimum atomic E-state index is -0.306. The van der Waals surface area contributed by atoms with Crippen molar-refractivity contribution >= 4 is 29.1 Å². The molecule has 0 saturated heterocycles. The van der Waals surface area contributed by atoms with Gasteiger partial charge in [-0.15, -0.1) is 0 Å². The monoisotopic (exact) mass is 414 g/mol. The van der Waals surface area contributed by atoms with Crippen LogP contribution in [0.15, 0.2) is 79.5 Å². The molecule has 0 saturated carbocycles. The number of hydrogen-bond donors (Lipinski definition) is 3. The summed E-state index contributed by atoms with van der Waals surface area (Å²) in [6.45, 7) is 9.86. The Labute approximate surface area is 182 Å². The Bertz CT molecular complexity index is 1060. The molecule has 0 fully saturated rings. The number of urea groups is 1. The van der Waals surface area contributed by atoms with Crippen LogP contribution in [0.4, 0.5) is 22.0 Å². The van der Waals surface area contributed by atoms with Crippen molar-refractivity contribution in [2.24, 2.45) is 0 Å². The maximum atomic E-state index is 12.3. The van der Waals surface area contributed by atoms with Gasteiger partial charge in [0.25, 0.3) is 0 Å². The van der Waals surface area contributed by atoms with Crippen LogP contribution in [0.25, 0.3) is 11.1 Å². The summed E-state index contributed by atoms with van der Waals surface area (Å²) in [5.74, 6) is 0.151. The summed E-state index contributed by atoms with van der Waals surface area (Å²) in [4.78, 5) is 27.8. The van der Waals surface area contributed by atoms with Crippen LogP contribution in [-0.4, -0.2) is 16.9 Å². The lowest BCUT2D eigenvalue weighted by molar-refractivity contribution is -0.111. The van der Waals surface area contributed by atoms with Gasteiger partial charge in [-0.25, -0.2) is 9.78 Å². The Kier molecular flexibility index (Phi) is 6.50. The standard InChI is InChI=1S/C25H26N4O2/c1-5-23(30)29-22-15-8-18(16-26-22)17-6-11-20(12-7-17)27-24(31)28-21-13-9-19(10-14-21)25(2,3)4/h5-16H,1H2,2-4H3,(H,26,29,30)(H2,27,28,31). The molecule has 6 nitrogen and oxygen atoms in total. The van der Waals surface area contributed by atoms with E-state index in [1.165, 1.54) is 11.6 Å². The molecule has 3 aromatic rings. The quantitative estimate of drug-likeness (QED) is 0.460. The van der Waals surface area contributed by atoms with Crippen LogP contribution < -0.4 is 16.0 Å². The van der Waals surface area contributed by atoms with Gasteiger partial charge in [-0.3, -0.25) is 4.79 Å². The Morgan fingerprint density at radius 1 is 0.806 bits per heavy atom. The van der Waals surface area contributed by atoms with E-state index in [9.17, 15) is 9.59 Å². The molecule has 0 aliphatic carbocycles. The molecule has 0 spiro atoms. The van der Waals surface area contributed by atoms with Crippen LogP contribution in [0.5, 0.6) is 0 Å². The highest BCUT2D eigenvalue weighted by molar-refractivity contribution is 6.00. The van der Waals surface area contributed by atoms with E-state index < -0.39 is 0 Å². The van der Waals surface area contributed by atoms with Crippen molar-refractivity contribution in [2.45, 2.75) is 26.2 Å². The number of nitrogens with zero attached hydrogens (tertiary/aromatic N) is 1. The van der Waals surface area contributed by atoms with Gasteiger partial charge in [0.1, 0.15) is 5.82 Å². The topological polar surface area (TPSA) is 83.1 Å². The van der Waals surface area contributed by atoms with Gasteiger partial charge in [0.05, 0.1) is 0 Å². The lowest BCUT2D eigenvalue weighted by Gasteiger charge is -2.19. The lowest BCUT2D eigenvalue weighted by Crippen LogP contribution is -2.19. The minimum Gasteiger partial charge on any atom is -0.308 e. The summed E-state index contributed by atoms with van der Waals surface area (Å²) in [7, 11) is 0. The van der Waals surface area contributed by atoms with Gasteiger partial charge in [-0.2, -0.15) is 0 Å². The average Bonchev–Trinajstić information content (AvgIpc) is 2.74. The second kappa shape index (κ2) is 9.26. The number of carbonyl (C=O) groups excluding carboxylic acids is 2. The van der Waals surface area contributed by atoms with Crippen molar-refractivity contribution < 1.29 is 9.59 Å². The zero-order valence-corrected chi connectivity index (χ0v) is 17.9. The molecule has 2 aromatic carbocycles. The van der Waals surface area contributed by atoms with E-state index in [4.69, 9.17) is 0 Å². The number of rotatable bonds is 5. The molecule has 0 unspecified atom stereocenters. The molecule has 3 amide bonds. The van der Waals surface area contributed by atoms with Gasteiger partial charge in [-0.05, 0) is 59.0 Å². The van der Waals surface area contributed by atoms with Crippen LogP contribution in [0.3, 0.4) is 0 Å². The lowest BCUT2D eigenvalue weighted by atomic mass is 9.87. The SMILES string of the molecule is C=CC(=O)Nc1ccc(-c2ccc(NC(=O)Nc3ccc(C(C)(C)C)cc3)cc2)cn1. The predicted molar refractivity (Wildman–Crippen MR) is 126 cm³/mol. The summed E-state index contributed by atoms with van der Waals surface area (Å²) in [6, 6.07) is 18.6. The van der Waals surface area contributed by atoms with Crippen LogP contribution in [0.2, 0.25) is 0 Å². The molecule has 0 aliphatic rings. The number of nitrogens with one attached hydrogen (secondary N) is 3. The fourth-order valence-electron chi connectivity index (χ4n) is 2.91. The molecule has 6 heteroatoms. The number of aromatic nitrogens is 1. The largest absolute Gasteiger partial charge is 0.323 e. The van der Waals surface area contributed by atoms with E-state index in [0.29, 0.717) is 11.5 Å². The highest BCUT2D eigenvalue weighted by Gasteiger charge is 2.13. The average molecular weight is 415 g/mol. The van der Waals surface area contributed by atoms with E-state index in [-0.39, 0.29) is 17.4 Å². The Hall–Kier alpha value is -3.93. The van der Waals surface area contributed by atoms with Crippen LogP contribution >= 0.6 is 0 Å². The predicted octanol–water partition coefficient (Wildman–Crippen LogP) is 5.81. The van der Waals surface area contributed by atoms with Crippen LogP contribution in [0.1, 0.15) is 26.3 Å². The van der Waals surface area contributed by atoms with Crippen LogP contribution in [0, 0.1) is 0 Å². The molecule has 31 heavy (non-hydrogen) atoms. The molecule has 158 valence electrons. The maximum Gasteiger partial charge on any atom is 0.323 e. The second-order valence-electron chi connectivity index (χ2n) is 8.11. The third kappa shape index (κ3) is 6.02. The smallest absolute Gasteiger partial charge is 0.308 e. The first kappa shape index (κ1) is 21.8. The van der Waals surface area contributed by atoms with Crippen molar-refractivity contribution in [2.75, 3.05) is 16.0 Å². The molecule has 3 N–H and O–H groups in total. The van der Waals surface area contributed by atoms with E-state index >= 15 is 0 Å². The first-order valence-electron chi connectivity index (χ1n) is 9.93. The van der Waals surface area contributed by atoms with Gasteiger partial charge in [-0.1, -0.05) is 51.6 Å². The van der Waals surface area contributed by atoms with E-state index in [1.807, 2.05) is 54.6 Å². The highest BCUT2D eigenvalue weighted by atomic mass is 16.2. The number of pyridine rings is 1. The first-order valence-corrected chi connectivity index (χ1v) is 9.93. The number of hydrogen-bond acceptors (Lipinski definition) is 3. The third-order valence-corrected chi connectivity index (χ3v) is 4.69. The van der Waals surface area contributed by atoms with Crippen molar-refractivity contribution in [3.63, 3.8) is 0 Å². The van der Waals surface area contributed by atoms with Gasteiger partial charge >= 0.3 is 6.03 Å². The zero-order chi connectivity index (χ0) is 22.4. The fraction of sp³-hybridized carbons (Fsp3) is 0.160.